The van der Waals surface area contributed by atoms with Gasteiger partial charge in [0, 0.05) is 6.10 Å². The third kappa shape index (κ3) is 9.75. The minimum Gasteiger partial charge on any atom is -0.497 e. The third-order valence-corrected chi connectivity index (χ3v) is 14.0. The van der Waals surface area contributed by atoms with Gasteiger partial charge in [-0.2, -0.15) is 0 Å². The summed E-state index contributed by atoms with van der Waals surface area (Å²) in [6.45, 7) is 13.7. The summed E-state index contributed by atoms with van der Waals surface area (Å²) >= 11 is 0. The lowest BCUT2D eigenvalue weighted by Gasteiger charge is -2.40. The summed E-state index contributed by atoms with van der Waals surface area (Å²) in [5, 5.41) is 3.19. The minimum atomic E-state index is -2.10. The van der Waals surface area contributed by atoms with Crippen LogP contribution in [0, 0.1) is 0 Å². The molecule has 0 saturated carbocycles. The molecule has 0 spiro atoms. The number of benzene rings is 4. The molecule has 0 radical (unpaired) electrons. The third-order valence-electron chi connectivity index (χ3n) is 9.48. The van der Waals surface area contributed by atoms with E-state index < -0.39 is 26.1 Å². The second-order valence-electron chi connectivity index (χ2n) is 13.9. The van der Waals surface area contributed by atoms with Crippen molar-refractivity contribution in [3.63, 3.8) is 0 Å². The van der Waals surface area contributed by atoms with Gasteiger partial charge in [0.1, 0.15) is 23.7 Å². The van der Waals surface area contributed by atoms with E-state index in [0.29, 0.717) is 6.42 Å². The molecule has 0 heterocycles. The summed E-state index contributed by atoms with van der Waals surface area (Å²) in [5.74, 6) is 1.49. The largest absolute Gasteiger partial charge is 0.497 e. The van der Waals surface area contributed by atoms with Crippen molar-refractivity contribution >= 4 is 14.4 Å². The van der Waals surface area contributed by atoms with Crippen molar-refractivity contribution in [2.75, 3.05) is 20.8 Å². The summed E-state index contributed by atoms with van der Waals surface area (Å²) in [4.78, 5) is 13.4. The summed E-state index contributed by atoms with van der Waals surface area (Å²) in [6, 6.07) is 35.3. The highest BCUT2D eigenvalue weighted by Crippen LogP contribution is 2.42. The van der Waals surface area contributed by atoms with Crippen molar-refractivity contribution in [3.05, 3.63) is 131 Å². The molecule has 4 aromatic rings. The summed E-state index contributed by atoms with van der Waals surface area (Å²) in [5.41, 5.74) is 2.66. The van der Waals surface area contributed by atoms with Crippen LogP contribution < -0.4 is 14.8 Å². The zero-order valence-electron chi connectivity index (χ0n) is 30.3. The fourth-order valence-electron chi connectivity index (χ4n) is 5.61. The molecule has 2 atom stereocenters. The van der Waals surface area contributed by atoms with Crippen LogP contribution in [0.1, 0.15) is 62.8 Å². The molecule has 4 aromatic carbocycles. The van der Waals surface area contributed by atoms with Crippen LogP contribution in [0.25, 0.3) is 0 Å². The Labute approximate surface area is 294 Å². The van der Waals surface area contributed by atoms with Crippen molar-refractivity contribution in [2.24, 2.45) is 0 Å². The van der Waals surface area contributed by atoms with E-state index in [-0.39, 0.29) is 24.4 Å². The minimum absolute atomic E-state index is 0.0413. The molecule has 262 valence electrons. The van der Waals surface area contributed by atoms with E-state index in [0.717, 1.165) is 40.2 Å². The smallest absolute Gasteiger partial charge is 0.407 e. The van der Waals surface area contributed by atoms with Gasteiger partial charge >= 0.3 is 6.09 Å². The maximum absolute atomic E-state index is 13.4. The number of nitrogens with one attached hydrogen (secondary N) is 1. The molecule has 8 heteroatoms. The van der Waals surface area contributed by atoms with Crippen molar-refractivity contribution in [1.29, 1.82) is 0 Å². The average Bonchev–Trinajstić information content (AvgIpc) is 3.11. The number of hydrogen-bond donors (Lipinski definition) is 1. The first-order valence-electron chi connectivity index (χ1n) is 17.1. The van der Waals surface area contributed by atoms with Crippen LogP contribution in [-0.2, 0) is 26.1 Å². The second kappa shape index (κ2) is 17.0. The van der Waals surface area contributed by atoms with Crippen molar-refractivity contribution in [1.82, 2.24) is 5.32 Å². The van der Waals surface area contributed by atoms with Gasteiger partial charge < -0.3 is 28.7 Å². The van der Waals surface area contributed by atoms with Gasteiger partial charge in [0.25, 0.3) is 0 Å². The molecule has 0 aliphatic carbocycles. The van der Waals surface area contributed by atoms with Crippen LogP contribution in [-0.4, -0.2) is 47.4 Å². The Balaban J connectivity index is 1.74. The zero-order valence-corrected chi connectivity index (χ0v) is 31.3. The number of carbonyl (C=O) groups is 1. The van der Waals surface area contributed by atoms with E-state index >= 15 is 0 Å². The van der Waals surface area contributed by atoms with E-state index in [9.17, 15) is 4.79 Å². The molecular weight excluding hydrogens is 631 g/mol. The number of alkyl carbamates (subject to hydrolysis) is 1. The molecule has 0 aliphatic heterocycles. The van der Waals surface area contributed by atoms with Crippen LogP contribution in [0.5, 0.6) is 11.5 Å². The van der Waals surface area contributed by atoms with Crippen molar-refractivity contribution in [3.8, 4) is 11.5 Å². The molecule has 1 amide bonds. The number of carbonyl (C=O) groups excluding carboxylic acids is 1. The maximum Gasteiger partial charge on any atom is 0.407 e. The van der Waals surface area contributed by atoms with E-state index in [1.807, 2.05) is 97.1 Å². The van der Waals surface area contributed by atoms with Crippen LogP contribution >= 0.6 is 0 Å². The lowest BCUT2D eigenvalue weighted by atomic mass is 9.80. The SMILES string of the molecule is CC[C@@H](C[C@@H](COC(c1ccccc1)(c1ccc(OC)cc1)c1ccc(OC)cc1)NC(=O)OCc1ccccc1)O[Si](C)(C)C(C)(C)C. The topological polar surface area (TPSA) is 75.2 Å². The lowest BCUT2D eigenvalue weighted by Crippen LogP contribution is -2.48. The molecule has 0 aliphatic rings. The van der Waals surface area contributed by atoms with Crippen LogP contribution in [0.15, 0.2) is 109 Å². The van der Waals surface area contributed by atoms with Crippen LogP contribution in [0.3, 0.4) is 0 Å². The Kier molecular flexibility index (Phi) is 13.1. The Bertz CT molecular complexity index is 1520. The Morgan fingerprint density at radius 1 is 0.735 bits per heavy atom. The molecular formula is C41H53NO6Si. The highest BCUT2D eigenvalue weighted by Gasteiger charge is 2.41. The van der Waals surface area contributed by atoms with Crippen molar-refractivity contribution < 1.29 is 28.2 Å². The van der Waals surface area contributed by atoms with E-state index in [4.69, 9.17) is 23.4 Å². The summed E-state index contributed by atoms with van der Waals surface area (Å²) < 4.78 is 30.8. The van der Waals surface area contributed by atoms with E-state index in [2.05, 4.69) is 58.2 Å². The van der Waals surface area contributed by atoms with E-state index in [1.165, 1.54) is 0 Å². The highest BCUT2D eigenvalue weighted by atomic mass is 28.4. The Morgan fingerprint density at radius 3 is 1.69 bits per heavy atom. The van der Waals surface area contributed by atoms with Gasteiger partial charge in [-0.25, -0.2) is 4.79 Å². The molecule has 4 rings (SSSR count). The molecule has 1 N–H and O–H groups in total. The standard InChI is InChI=1S/C41H53NO6Si/c1-9-36(48-49(7,8)40(2,3)4)28-35(42-39(43)46-29-31-16-12-10-13-17-31)30-47-41(32-18-14-11-15-19-32,33-20-24-37(44-5)25-21-33)34-22-26-38(45-6)27-23-34/h10-27,35-36H,9,28-30H2,1-8H3,(H,42,43)/t35-,36-/m0/s1. The zero-order chi connectivity index (χ0) is 35.5. The summed E-state index contributed by atoms with van der Waals surface area (Å²) in [7, 11) is 1.21. The number of rotatable bonds is 16. The molecule has 0 bridgehead atoms. The Hall–Kier alpha value is -4.11. The van der Waals surface area contributed by atoms with Crippen LogP contribution in [0.4, 0.5) is 4.79 Å². The molecule has 0 fully saturated rings. The number of amides is 1. The molecule has 49 heavy (non-hydrogen) atoms. The summed E-state index contributed by atoms with van der Waals surface area (Å²) in [6.07, 6.45) is 0.764. The van der Waals surface area contributed by atoms with Gasteiger partial charge in [-0.1, -0.05) is 113 Å². The average molecular weight is 684 g/mol. The van der Waals surface area contributed by atoms with Gasteiger partial charge in [-0.15, -0.1) is 0 Å². The predicted molar refractivity (Wildman–Crippen MR) is 199 cm³/mol. The monoisotopic (exact) mass is 683 g/mol. The fraction of sp³-hybridized carbons (Fsp3) is 0.390. The van der Waals surface area contributed by atoms with Crippen LogP contribution in [0.2, 0.25) is 18.1 Å². The highest BCUT2D eigenvalue weighted by molar-refractivity contribution is 6.74. The maximum atomic E-state index is 13.4. The van der Waals surface area contributed by atoms with Gasteiger partial charge in [0.2, 0.25) is 0 Å². The van der Waals surface area contributed by atoms with Gasteiger partial charge in [-0.3, -0.25) is 0 Å². The first-order valence-corrected chi connectivity index (χ1v) is 20.0. The number of ether oxygens (including phenoxy) is 4. The molecule has 7 nitrogen and oxygen atoms in total. The quantitative estimate of drug-likeness (QED) is 0.0937. The van der Waals surface area contributed by atoms with Gasteiger partial charge in [0.15, 0.2) is 8.32 Å². The molecule has 0 saturated heterocycles. The molecule has 0 unspecified atom stereocenters. The fourth-order valence-corrected chi connectivity index (χ4v) is 7.06. The van der Waals surface area contributed by atoms with Gasteiger partial charge in [0.05, 0.1) is 26.9 Å². The predicted octanol–water partition coefficient (Wildman–Crippen LogP) is 9.50. The second-order valence-corrected chi connectivity index (χ2v) is 18.6. The first kappa shape index (κ1) is 37.7. The Morgan fingerprint density at radius 2 is 1.22 bits per heavy atom. The first-order chi connectivity index (χ1) is 23.4. The van der Waals surface area contributed by atoms with E-state index in [1.54, 1.807) is 14.2 Å². The molecule has 0 aromatic heterocycles. The van der Waals surface area contributed by atoms with Crippen molar-refractivity contribution in [2.45, 2.75) is 83.0 Å². The van der Waals surface area contributed by atoms with Gasteiger partial charge in [-0.05, 0) is 77.5 Å². The number of hydrogen-bond acceptors (Lipinski definition) is 6. The normalized spacial score (nSPS) is 13.3. The lowest BCUT2D eigenvalue weighted by molar-refractivity contribution is -0.00747. The number of methoxy groups -OCH3 is 2.